The highest BCUT2D eigenvalue weighted by atomic mass is 32.2. The predicted molar refractivity (Wildman–Crippen MR) is 130 cm³/mol. The summed E-state index contributed by atoms with van der Waals surface area (Å²) in [6, 6.07) is 0.361. The first-order chi connectivity index (χ1) is 16.1. The largest absolute Gasteiger partial charge is 0.377 e. The second-order valence-electron chi connectivity index (χ2n) is 9.34. The maximum atomic E-state index is 12.3. The van der Waals surface area contributed by atoms with Crippen LogP contribution in [0.15, 0.2) is 0 Å². The molecule has 34 heavy (non-hydrogen) atoms. The molecule has 12 nitrogen and oxygen atoms in total. The lowest BCUT2D eigenvalue weighted by atomic mass is 9.80. The van der Waals surface area contributed by atoms with Crippen molar-refractivity contribution in [1.82, 2.24) is 28.5 Å². The number of aliphatic hydroxyl groups excluding tert-OH is 1. The van der Waals surface area contributed by atoms with Crippen LogP contribution in [-0.2, 0) is 22.0 Å². The number of rotatable bonds is 9. The number of nitrogens with one attached hydrogen (secondary N) is 2. The molecule has 2 aromatic heterocycles. The van der Waals surface area contributed by atoms with Crippen LogP contribution in [0.25, 0.3) is 11.2 Å². The first kappa shape index (κ1) is 25.0. The monoisotopic (exact) mass is 496 g/mol. The summed E-state index contributed by atoms with van der Waals surface area (Å²) in [4.78, 5) is 16.0. The van der Waals surface area contributed by atoms with Gasteiger partial charge in [-0.3, -0.25) is 0 Å². The Labute approximate surface area is 200 Å². The summed E-state index contributed by atoms with van der Waals surface area (Å²) in [5.41, 5.74) is 1.11. The zero-order valence-corrected chi connectivity index (χ0v) is 21.3. The van der Waals surface area contributed by atoms with Crippen molar-refractivity contribution < 1.29 is 18.3 Å². The number of nitrogens with zero attached hydrogens (tertiary/aromatic N) is 6. The fraction of sp³-hybridized carbons (Fsp3) is 0.762. The van der Waals surface area contributed by atoms with Gasteiger partial charge in [-0.15, -0.1) is 0 Å². The van der Waals surface area contributed by atoms with Gasteiger partial charge in [0.05, 0.1) is 19.3 Å². The summed E-state index contributed by atoms with van der Waals surface area (Å²) in [5.74, 6) is 1.77. The van der Waals surface area contributed by atoms with E-state index in [9.17, 15) is 13.5 Å². The molecule has 13 heteroatoms. The van der Waals surface area contributed by atoms with E-state index in [4.69, 9.17) is 9.72 Å². The van der Waals surface area contributed by atoms with Gasteiger partial charge in [-0.1, -0.05) is 13.3 Å². The van der Waals surface area contributed by atoms with Gasteiger partial charge in [-0.25, -0.2) is 9.97 Å². The van der Waals surface area contributed by atoms with Crippen molar-refractivity contribution >= 4 is 33.1 Å². The van der Waals surface area contributed by atoms with Crippen LogP contribution >= 0.6 is 0 Å². The van der Waals surface area contributed by atoms with Crippen molar-refractivity contribution in [1.29, 1.82) is 0 Å². The van der Waals surface area contributed by atoms with E-state index in [1.54, 1.807) is 0 Å². The Kier molecular flexibility index (Phi) is 7.29. The van der Waals surface area contributed by atoms with E-state index in [1.807, 2.05) is 11.6 Å². The molecule has 0 bridgehead atoms. The lowest BCUT2D eigenvalue weighted by Gasteiger charge is -2.35. The molecule has 3 unspecified atom stereocenters. The van der Waals surface area contributed by atoms with E-state index in [0.717, 1.165) is 29.5 Å². The molecule has 2 fully saturated rings. The third kappa shape index (κ3) is 4.85. The number of anilines is 2. The van der Waals surface area contributed by atoms with Gasteiger partial charge >= 0.3 is 0 Å². The zero-order chi connectivity index (χ0) is 24.6. The summed E-state index contributed by atoms with van der Waals surface area (Å²) >= 11 is 0. The highest BCUT2D eigenvalue weighted by Crippen LogP contribution is 2.33. The summed E-state index contributed by atoms with van der Waals surface area (Å²) < 4.78 is 35.3. The summed E-state index contributed by atoms with van der Waals surface area (Å²) in [5, 5.41) is 14.2. The van der Waals surface area contributed by atoms with Crippen LogP contribution in [0, 0.1) is 5.92 Å². The van der Waals surface area contributed by atoms with E-state index in [2.05, 4.69) is 38.8 Å². The number of hydrogen-bond donors (Lipinski definition) is 3. The Bertz CT molecular complexity index is 1120. The number of aryl methyl sites for hydroxylation is 1. The van der Waals surface area contributed by atoms with E-state index in [1.165, 1.54) is 20.5 Å². The minimum absolute atomic E-state index is 0.0556. The minimum atomic E-state index is -3.89. The number of aromatic nitrogens is 4. The molecule has 1 saturated carbocycles. The number of fused-ring (bicyclic) bond motifs is 1. The van der Waals surface area contributed by atoms with Crippen molar-refractivity contribution in [3.63, 3.8) is 0 Å². The Hall–Kier alpha value is -2.06. The first-order valence-corrected chi connectivity index (χ1v) is 13.3. The SMILES string of the molecule is CCC1COCCN1c1nc2nc(C(O)NS(=O)(=O)N(C)C)nc(NC(C)C3CCC3)c2n1C. The van der Waals surface area contributed by atoms with Gasteiger partial charge in [0.1, 0.15) is 5.52 Å². The number of hydrogen-bond acceptors (Lipinski definition) is 9. The van der Waals surface area contributed by atoms with Gasteiger partial charge in [0.25, 0.3) is 10.2 Å². The molecule has 0 radical (unpaired) electrons. The van der Waals surface area contributed by atoms with Crippen LogP contribution in [0.2, 0.25) is 0 Å². The van der Waals surface area contributed by atoms with Gasteiger partial charge in [-0.05, 0) is 32.1 Å². The number of morpholine rings is 1. The Morgan fingerprint density at radius 1 is 1.26 bits per heavy atom. The maximum absolute atomic E-state index is 12.3. The third-order valence-corrected chi connectivity index (χ3v) is 8.37. The molecular weight excluding hydrogens is 460 g/mol. The Morgan fingerprint density at radius 3 is 2.62 bits per heavy atom. The lowest BCUT2D eigenvalue weighted by Crippen LogP contribution is -2.46. The topological polar surface area (TPSA) is 138 Å². The fourth-order valence-electron chi connectivity index (χ4n) is 4.43. The second-order valence-corrected chi connectivity index (χ2v) is 11.3. The summed E-state index contributed by atoms with van der Waals surface area (Å²) in [6.45, 7) is 6.20. The van der Waals surface area contributed by atoms with Crippen molar-refractivity contribution in [2.24, 2.45) is 13.0 Å². The minimum Gasteiger partial charge on any atom is -0.377 e. The smallest absolute Gasteiger partial charge is 0.281 e. The van der Waals surface area contributed by atoms with Crippen LogP contribution in [0.1, 0.15) is 51.6 Å². The van der Waals surface area contributed by atoms with Crippen LogP contribution in [-0.4, -0.2) is 83.3 Å². The molecule has 0 aromatic carbocycles. The van der Waals surface area contributed by atoms with Gasteiger partial charge in [0, 0.05) is 33.7 Å². The van der Waals surface area contributed by atoms with Gasteiger partial charge in [0.15, 0.2) is 23.5 Å². The maximum Gasteiger partial charge on any atom is 0.281 e. The molecule has 0 spiro atoms. The van der Waals surface area contributed by atoms with Crippen molar-refractivity contribution in [2.45, 2.75) is 57.8 Å². The molecule has 1 aliphatic carbocycles. The van der Waals surface area contributed by atoms with Crippen molar-refractivity contribution in [3.05, 3.63) is 5.82 Å². The average Bonchev–Trinajstić information content (AvgIpc) is 3.08. The zero-order valence-electron chi connectivity index (χ0n) is 20.5. The van der Waals surface area contributed by atoms with E-state index in [-0.39, 0.29) is 17.9 Å². The molecule has 4 rings (SSSR count). The molecule has 0 amide bonds. The van der Waals surface area contributed by atoms with E-state index in [0.29, 0.717) is 42.7 Å². The van der Waals surface area contributed by atoms with Crippen molar-refractivity contribution in [2.75, 3.05) is 44.1 Å². The molecular formula is C21H36N8O4S. The fourth-order valence-corrected chi connectivity index (χ4v) is 5.02. The third-order valence-electron chi connectivity index (χ3n) is 6.89. The summed E-state index contributed by atoms with van der Waals surface area (Å²) in [7, 11) is 0.800. The highest BCUT2D eigenvalue weighted by Gasteiger charge is 2.30. The van der Waals surface area contributed by atoms with Gasteiger partial charge in [0.2, 0.25) is 5.95 Å². The normalized spacial score (nSPS) is 21.6. The predicted octanol–water partition coefficient (Wildman–Crippen LogP) is 0.966. The van der Waals surface area contributed by atoms with Crippen LogP contribution in [0.5, 0.6) is 0 Å². The molecule has 2 aliphatic rings. The van der Waals surface area contributed by atoms with Crippen LogP contribution in [0.4, 0.5) is 11.8 Å². The summed E-state index contributed by atoms with van der Waals surface area (Å²) in [6.07, 6.45) is 2.83. The standard InChI is InChI=1S/C21H36N8O4S/c1-6-15-12-33-11-10-29(15)21-25-18-16(28(21)5)17(22-13(2)14-8-7-9-14)23-19(24-18)20(30)26-34(31,32)27(3)4/h13-15,20,26,30H,6-12H2,1-5H3,(H,22,23,24). The molecule has 2 aromatic rings. The molecule has 190 valence electrons. The lowest BCUT2D eigenvalue weighted by molar-refractivity contribution is 0.0919. The molecule has 3 N–H and O–H groups in total. The van der Waals surface area contributed by atoms with Gasteiger partial charge in [-0.2, -0.15) is 22.4 Å². The molecule has 1 saturated heterocycles. The van der Waals surface area contributed by atoms with E-state index < -0.39 is 16.4 Å². The highest BCUT2D eigenvalue weighted by molar-refractivity contribution is 7.87. The quantitative estimate of drug-likeness (QED) is 0.434. The molecule has 3 atom stereocenters. The Morgan fingerprint density at radius 2 is 2.00 bits per heavy atom. The number of aliphatic hydroxyl groups is 1. The van der Waals surface area contributed by atoms with E-state index >= 15 is 0 Å². The van der Waals surface area contributed by atoms with Crippen molar-refractivity contribution in [3.8, 4) is 0 Å². The Balaban J connectivity index is 1.77. The van der Waals surface area contributed by atoms with Gasteiger partial charge < -0.3 is 24.6 Å². The molecule has 1 aliphatic heterocycles. The molecule has 3 heterocycles. The van der Waals surface area contributed by atoms with Crippen LogP contribution in [0.3, 0.4) is 0 Å². The first-order valence-electron chi connectivity index (χ1n) is 11.9. The van der Waals surface area contributed by atoms with Crippen LogP contribution < -0.4 is 14.9 Å². The number of ether oxygens (including phenoxy) is 1. The second kappa shape index (κ2) is 9.90. The average molecular weight is 497 g/mol. The number of imidazole rings is 1.